The molecule has 6 N–H and O–H groups in total. The lowest BCUT2D eigenvalue weighted by Crippen LogP contribution is -2.43. The second-order valence-corrected chi connectivity index (χ2v) is 25.8. The summed E-state index contributed by atoms with van der Waals surface area (Å²) in [5, 5.41) is 30.2. The van der Waals surface area contributed by atoms with Crippen molar-refractivity contribution in [1.82, 2.24) is 10.6 Å². The van der Waals surface area contributed by atoms with Gasteiger partial charge in [0.05, 0.1) is 42.5 Å². The molecule has 2 aromatic rings. The van der Waals surface area contributed by atoms with Crippen LogP contribution < -0.4 is 21.3 Å². The number of methoxy groups -OCH3 is 1. The Bertz CT molecular complexity index is 3180. The second-order valence-electron chi connectivity index (χ2n) is 25.8. The Kier molecular flexibility index (Phi) is 46.0. The van der Waals surface area contributed by atoms with Gasteiger partial charge in [-0.3, -0.25) is 29.3 Å². The molecule has 0 bridgehead atoms. The average molecular weight is 1490 g/mol. The largest absolute Gasteiger partial charge is 0.462 e. The fraction of sp³-hybridized carbons (Fsp3) is 0.573. The van der Waals surface area contributed by atoms with Gasteiger partial charge in [-0.2, -0.15) is 0 Å². The van der Waals surface area contributed by atoms with Gasteiger partial charge in [0, 0.05) is 54.1 Å². The molecule has 1 aliphatic carbocycles. The maximum atomic E-state index is 12.9. The van der Waals surface area contributed by atoms with Gasteiger partial charge in [0.1, 0.15) is 83.2 Å². The van der Waals surface area contributed by atoms with Crippen LogP contribution in [0.25, 0.3) is 0 Å². The van der Waals surface area contributed by atoms with Crippen LogP contribution in [0.1, 0.15) is 153 Å². The lowest BCUT2D eigenvalue weighted by molar-refractivity contribution is -0.174. The van der Waals surface area contributed by atoms with E-state index in [2.05, 4.69) is 47.6 Å². The number of hydrogen-bond donors (Lipinski definition) is 6. The van der Waals surface area contributed by atoms with Gasteiger partial charge in [-0.25, -0.2) is 33.6 Å². The van der Waals surface area contributed by atoms with E-state index in [-0.39, 0.29) is 127 Å². The van der Waals surface area contributed by atoms with Gasteiger partial charge in [0.15, 0.2) is 0 Å². The van der Waals surface area contributed by atoms with Crippen LogP contribution in [-0.4, -0.2) is 193 Å². The number of nitrogens with one attached hydrogen (secondary N) is 4. The Morgan fingerprint density at radius 3 is 1.39 bits per heavy atom. The molecular weight excluding hydrogens is 1370 g/mol. The summed E-state index contributed by atoms with van der Waals surface area (Å²) < 4.78 is 60.3. The van der Waals surface area contributed by atoms with Crippen molar-refractivity contribution >= 4 is 83.3 Å². The number of alkyl carbamates (subject to hydrolysis) is 2. The third-order valence-corrected chi connectivity index (χ3v) is 15.5. The number of hydrogen-bond acceptors (Lipinski definition) is 26. The summed E-state index contributed by atoms with van der Waals surface area (Å²) in [5.41, 5.74) is 1.99. The molecule has 4 amide bonds. The molecule has 6 unspecified atom stereocenters. The van der Waals surface area contributed by atoms with Crippen LogP contribution in [-0.2, 0) is 106 Å². The van der Waals surface area contributed by atoms with Crippen LogP contribution in [0, 0.1) is 22.2 Å². The van der Waals surface area contributed by atoms with E-state index in [9.17, 15) is 67.7 Å². The van der Waals surface area contributed by atoms with Crippen molar-refractivity contribution in [2.45, 2.75) is 173 Å². The van der Waals surface area contributed by atoms with Gasteiger partial charge in [-0.1, -0.05) is 85.2 Å². The molecule has 6 atom stereocenters. The van der Waals surface area contributed by atoms with E-state index in [1.807, 2.05) is 71.0 Å². The van der Waals surface area contributed by atoms with Crippen molar-refractivity contribution in [3.05, 3.63) is 108 Å². The number of aliphatic hydroxyl groups excluding tert-OH is 2. The molecule has 3 rings (SSSR count). The first-order valence-electron chi connectivity index (χ1n) is 34.4. The van der Waals surface area contributed by atoms with Crippen LogP contribution in [0.5, 0.6) is 0 Å². The molecule has 1 saturated carbocycles. The first-order valence-corrected chi connectivity index (χ1v) is 34.4. The van der Waals surface area contributed by atoms with Crippen molar-refractivity contribution in [2.75, 3.05) is 96.9 Å². The topological polar surface area (TPSA) is 404 Å². The molecule has 105 heavy (non-hydrogen) atoms. The van der Waals surface area contributed by atoms with Gasteiger partial charge in [0.2, 0.25) is 5.91 Å². The third-order valence-electron chi connectivity index (χ3n) is 15.5. The van der Waals surface area contributed by atoms with E-state index >= 15 is 0 Å². The Morgan fingerprint density at radius 1 is 0.505 bits per heavy atom. The van der Waals surface area contributed by atoms with E-state index in [0.29, 0.717) is 60.9 Å². The minimum atomic E-state index is -1.31. The van der Waals surface area contributed by atoms with Crippen molar-refractivity contribution in [3.8, 4) is 0 Å². The number of esters is 8. The van der Waals surface area contributed by atoms with Gasteiger partial charge >= 0.3 is 66.0 Å². The molecule has 1 aliphatic rings. The summed E-state index contributed by atoms with van der Waals surface area (Å²) in [7, 11) is 1.41. The Balaban J connectivity index is 0.00000145. The van der Waals surface area contributed by atoms with Gasteiger partial charge in [0.25, 0.3) is 0 Å². The number of carbonyl (C=O) groups is 12. The summed E-state index contributed by atoms with van der Waals surface area (Å²) >= 11 is 0. The number of rotatable bonds is 38. The summed E-state index contributed by atoms with van der Waals surface area (Å²) in [6.45, 7) is 36.9. The fourth-order valence-corrected chi connectivity index (χ4v) is 7.82. The van der Waals surface area contributed by atoms with E-state index < -0.39 is 89.3 Å². The van der Waals surface area contributed by atoms with Crippen molar-refractivity contribution in [3.63, 3.8) is 0 Å². The zero-order valence-electron chi connectivity index (χ0n) is 63.7. The number of ether oxygens (including phenoxy) is 12. The van der Waals surface area contributed by atoms with E-state index in [0.717, 1.165) is 16.8 Å². The minimum Gasteiger partial charge on any atom is -0.462 e. The van der Waals surface area contributed by atoms with E-state index in [1.165, 1.54) is 34.8 Å². The molecule has 1 fully saturated rings. The van der Waals surface area contributed by atoms with Crippen molar-refractivity contribution in [1.29, 1.82) is 0 Å². The normalized spacial score (nSPS) is 14.7. The predicted octanol–water partition coefficient (Wildman–Crippen LogP) is 9.45. The molecule has 0 aliphatic heterocycles. The quantitative estimate of drug-likeness (QED) is 0.0158. The number of carbonyl (C=O) groups excluding carboxylic acids is 12. The molecule has 0 saturated heterocycles. The Hall–Kier alpha value is -9.68. The van der Waals surface area contributed by atoms with Gasteiger partial charge in [-0.15, -0.1) is 0 Å². The molecular formula is C75H112N4O26. The lowest BCUT2D eigenvalue weighted by Gasteiger charge is -2.34. The Morgan fingerprint density at radius 2 is 0.952 bits per heavy atom. The van der Waals surface area contributed by atoms with Gasteiger partial charge < -0.3 is 83.0 Å². The summed E-state index contributed by atoms with van der Waals surface area (Å²) in [6, 6.07) is 14.7. The first-order chi connectivity index (χ1) is 49.2. The van der Waals surface area contributed by atoms with Gasteiger partial charge in [-0.05, 0) is 136 Å². The highest BCUT2D eigenvalue weighted by atomic mass is 16.6. The smallest absolute Gasteiger partial charge is 0.411 e. The van der Waals surface area contributed by atoms with Crippen LogP contribution in [0.15, 0.2) is 97.1 Å². The maximum Gasteiger partial charge on any atom is 0.411 e. The second kappa shape index (κ2) is 50.7. The van der Waals surface area contributed by atoms with Crippen molar-refractivity contribution in [2.24, 2.45) is 22.2 Å². The maximum absolute atomic E-state index is 12.9. The number of benzene rings is 2. The fourth-order valence-electron chi connectivity index (χ4n) is 7.82. The van der Waals surface area contributed by atoms with Crippen molar-refractivity contribution < 1.29 is 125 Å². The highest BCUT2D eigenvalue weighted by Crippen LogP contribution is 2.30. The highest BCUT2D eigenvalue weighted by Gasteiger charge is 2.41. The molecule has 30 heteroatoms. The van der Waals surface area contributed by atoms with Crippen LogP contribution >= 0.6 is 0 Å². The monoisotopic (exact) mass is 1480 g/mol. The molecule has 0 aromatic heterocycles. The zero-order chi connectivity index (χ0) is 80.0. The zero-order valence-corrected chi connectivity index (χ0v) is 63.7. The lowest BCUT2D eigenvalue weighted by atomic mass is 9.87. The van der Waals surface area contributed by atoms with Crippen LogP contribution in [0.3, 0.4) is 0 Å². The van der Waals surface area contributed by atoms with Crippen LogP contribution in [0.2, 0.25) is 0 Å². The standard InChI is InChI=1S/C30H38N2O9.C16H26O5.C15H25NO6.C14H23NO6/c1-6-30(18-38-5,28(36)40-17-26(34)16-39-27(35)20(2)3)19-41-29(37)32-25-13-9-23(10-14-25)15-22-7-11-24(12-8-22)31-21(4)33;1-6-16(4,5)15(19)21-13-8-7-11(9-12(13)17)20-14(18)10(2)3;1-6-15(4,5)13(18)21-9-10-22-14(19)16-7-8-20-12(17)11(2)3;1-5-11(4)13(17)20-8-9-21-14(18)15-6-7-19-12(16)10(2)3/h7-14,26,34H,2,6,15-19H2,1,3-5H3,(H,31,33)(H,32,37);11-13,17H,2,6-9H2,1,3-5H3;2,6-10H2,1,3-5H3,(H,16,19);11H,2,5-9H2,1,3-4H3,(H,15,18). The average Bonchev–Trinajstić information content (AvgIpc) is 0.867. The van der Waals surface area contributed by atoms with Crippen LogP contribution in [0.4, 0.5) is 25.8 Å². The third kappa shape index (κ3) is 40.8. The highest BCUT2D eigenvalue weighted by molar-refractivity contribution is 5.90. The number of aliphatic hydroxyl groups is 2. The number of amides is 4. The molecule has 0 heterocycles. The summed E-state index contributed by atoms with van der Waals surface area (Å²) in [5.74, 6) is -4.10. The SMILES string of the molecule is C=C(C)C(=O)OC1CCC(OC(=O)C(C)(C)CC)C(O)C1.C=C(C)C(=O)OCC(O)COC(=O)C(CC)(COC)COC(=O)Nc1ccc(Cc2ccc(NC(C)=O)cc2)cc1.C=C(C)C(=O)OCCNC(=O)OCCOC(=O)C(C)(C)CC.C=C(C)C(=O)OCCNC(=O)OCCOC(=O)C(C)CC. The molecule has 588 valence electrons. The molecule has 0 spiro atoms. The molecule has 30 nitrogen and oxygen atoms in total. The van der Waals surface area contributed by atoms with E-state index in [4.69, 9.17) is 56.8 Å². The van der Waals surface area contributed by atoms with E-state index in [1.54, 1.807) is 46.8 Å². The summed E-state index contributed by atoms with van der Waals surface area (Å²) in [4.78, 5) is 139. The first kappa shape index (κ1) is 95.3. The minimum absolute atomic E-state index is 0.000325. The Labute approximate surface area is 616 Å². The molecule has 0 radical (unpaired) electrons. The predicted molar refractivity (Wildman–Crippen MR) is 386 cm³/mol. The molecule has 2 aromatic carbocycles. The summed E-state index contributed by atoms with van der Waals surface area (Å²) in [6.07, 6.45) is -0.757. The number of anilines is 2.